The lowest BCUT2D eigenvalue weighted by molar-refractivity contribution is 0.0697. The molecule has 1 saturated carbocycles. The van der Waals surface area contributed by atoms with Crippen molar-refractivity contribution in [3.63, 3.8) is 0 Å². The molecule has 0 spiro atoms. The number of carbonyl (C=O) groups is 2. The van der Waals surface area contributed by atoms with Gasteiger partial charge in [0.05, 0.1) is 5.56 Å². The maximum atomic E-state index is 11.8. The Morgan fingerprint density at radius 1 is 1.30 bits per heavy atom. The number of nitrogens with zero attached hydrogens (tertiary/aromatic N) is 1. The molecule has 20 heavy (non-hydrogen) atoms. The zero-order valence-corrected chi connectivity index (χ0v) is 11.6. The van der Waals surface area contributed by atoms with E-state index in [0.29, 0.717) is 19.0 Å². The molecule has 0 aromatic heterocycles. The Morgan fingerprint density at radius 2 is 1.95 bits per heavy atom. The maximum Gasteiger partial charge on any atom is 0.335 e. The summed E-state index contributed by atoms with van der Waals surface area (Å²) >= 11 is 0. The normalized spacial score (nSPS) is 14.4. The molecule has 1 aliphatic rings. The second kappa shape index (κ2) is 6.41. The number of hydrogen-bond donors (Lipinski definition) is 2. The van der Waals surface area contributed by atoms with Crippen molar-refractivity contribution in [1.29, 1.82) is 0 Å². The first-order chi connectivity index (χ1) is 9.58. The standard InChI is InChI=1S/C15H20N2O3/c1-17(13-3-2-4-13)15(20)16-10-9-11-5-7-12(8-6-11)14(18)19/h5-8,13H,2-4,9-10H2,1H3,(H,16,20)(H,18,19). The molecule has 5 nitrogen and oxygen atoms in total. The van der Waals surface area contributed by atoms with Gasteiger partial charge >= 0.3 is 12.0 Å². The third kappa shape index (κ3) is 3.50. The van der Waals surface area contributed by atoms with Crippen LogP contribution in [0.25, 0.3) is 0 Å². The van der Waals surface area contributed by atoms with Gasteiger partial charge in [-0.05, 0) is 43.4 Å². The molecule has 1 fully saturated rings. The molecule has 1 aliphatic carbocycles. The molecular formula is C15H20N2O3. The number of carbonyl (C=O) groups excluding carboxylic acids is 1. The van der Waals surface area contributed by atoms with Gasteiger partial charge in [0.2, 0.25) is 0 Å². The molecule has 0 aliphatic heterocycles. The van der Waals surface area contributed by atoms with Gasteiger partial charge in [0.15, 0.2) is 0 Å². The molecule has 2 rings (SSSR count). The highest BCUT2D eigenvalue weighted by atomic mass is 16.4. The van der Waals surface area contributed by atoms with Crippen molar-refractivity contribution in [2.75, 3.05) is 13.6 Å². The van der Waals surface area contributed by atoms with E-state index in [9.17, 15) is 9.59 Å². The molecule has 1 aromatic rings. The van der Waals surface area contributed by atoms with Crippen molar-refractivity contribution in [3.05, 3.63) is 35.4 Å². The Kier molecular flexibility index (Phi) is 4.61. The SMILES string of the molecule is CN(C(=O)NCCc1ccc(C(=O)O)cc1)C1CCC1. The van der Waals surface area contributed by atoms with E-state index in [4.69, 9.17) is 5.11 Å². The van der Waals surface area contributed by atoms with Gasteiger partial charge in [-0.2, -0.15) is 0 Å². The van der Waals surface area contributed by atoms with Gasteiger partial charge in [0.25, 0.3) is 0 Å². The molecule has 108 valence electrons. The second-order valence-corrected chi connectivity index (χ2v) is 5.18. The minimum absolute atomic E-state index is 0.0307. The lowest BCUT2D eigenvalue weighted by atomic mass is 9.92. The molecule has 2 N–H and O–H groups in total. The molecule has 1 aromatic carbocycles. The maximum absolute atomic E-state index is 11.8. The van der Waals surface area contributed by atoms with Crippen molar-refractivity contribution in [2.24, 2.45) is 0 Å². The summed E-state index contributed by atoms with van der Waals surface area (Å²) in [7, 11) is 1.83. The Morgan fingerprint density at radius 3 is 2.45 bits per heavy atom. The van der Waals surface area contributed by atoms with Crippen LogP contribution in [-0.4, -0.2) is 41.6 Å². The minimum atomic E-state index is -0.924. The molecule has 0 unspecified atom stereocenters. The molecule has 0 atom stereocenters. The monoisotopic (exact) mass is 276 g/mol. The molecule has 0 saturated heterocycles. The number of nitrogens with one attached hydrogen (secondary N) is 1. The third-order valence-electron chi connectivity index (χ3n) is 3.83. The highest BCUT2D eigenvalue weighted by molar-refractivity contribution is 5.87. The summed E-state index contributed by atoms with van der Waals surface area (Å²) in [4.78, 5) is 24.3. The van der Waals surface area contributed by atoms with Crippen LogP contribution in [-0.2, 0) is 6.42 Å². The number of benzene rings is 1. The quantitative estimate of drug-likeness (QED) is 0.865. The van der Waals surface area contributed by atoms with Crippen molar-refractivity contribution in [1.82, 2.24) is 10.2 Å². The summed E-state index contributed by atoms with van der Waals surface area (Å²) in [5.74, 6) is -0.924. The average Bonchev–Trinajstić information content (AvgIpc) is 2.37. The fraction of sp³-hybridized carbons (Fsp3) is 0.467. The highest BCUT2D eigenvalue weighted by Gasteiger charge is 2.25. The van der Waals surface area contributed by atoms with Crippen LogP contribution < -0.4 is 5.32 Å². The zero-order chi connectivity index (χ0) is 14.5. The van der Waals surface area contributed by atoms with Crippen LogP contribution in [0.4, 0.5) is 4.79 Å². The first-order valence-corrected chi connectivity index (χ1v) is 6.91. The Hall–Kier alpha value is -2.04. The van der Waals surface area contributed by atoms with Crippen LogP contribution in [0.3, 0.4) is 0 Å². The minimum Gasteiger partial charge on any atom is -0.478 e. The number of carboxylic acid groups (broad SMARTS) is 1. The predicted octanol–water partition coefficient (Wildman–Crippen LogP) is 2.12. The molecule has 0 radical (unpaired) electrons. The summed E-state index contributed by atoms with van der Waals surface area (Å²) < 4.78 is 0. The molecule has 0 bridgehead atoms. The zero-order valence-electron chi connectivity index (χ0n) is 11.6. The van der Waals surface area contributed by atoms with Crippen molar-refractivity contribution >= 4 is 12.0 Å². The number of urea groups is 1. The average molecular weight is 276 g/mol. The highest BCUT2D eigenvalue weighted by Crippen LogP contribution is 2.23. The van der Waals surface area contributed by atoms with Crippen LogP contribution in [0, 0.1) is 0 Å². The molecule has 5 heteroatoms. The number of rotatable bonds is 5. The lowest BCUT2D eigenvalue weighted by Crippen LogP contribution is -2.46. The molecule has 0 heterocycles. The fourth-order valence-electron chi connectivity index (χ4n) is 2.19. The predicted molar refractivity (Wildman–Crippen MR) is 75.9 cm³/mol. The van der Waals surface area contributed by atoms with Gasteiger partial charge in [0, 0.05) is 19.6 Å². The third-order valence-corrected chi connectivity index (χ3v) is 3.83. The van der Waals surface area contributed by atoms with Gasteiger partial charge in [0.1, 0.15) is 0 Å². The van der Waals surface area contributed by atoms with Crippen LogP contribution in [0.5, 0.6) is 0 Å². The van der Waals surface area contributed by atoms with Crippen LogP contribution in [0.2, 0.25) is 0 Å². The van der Waals surface area contributed by atoms with E-state index in [0.717, 1.165) is 18.4 Å². The smallest absolute Gasteiger partial charge is 0.335 e. The molecule has 2 amide bonds. The fourth-order valence-corrected chi connectivity index (χ4v) is 2.19. The first kappa shape index (κ1) is 14.4. The topological polar surface area (TPSA) is 69.6 Å². The van der Waals surface area contributed by atoms with E-state index < -0.39 is 5.97 Å². The lowest BCUT2D eigenvalue weighted by Gasteiger charge is -2.34. The number of carboxylic acids is 1. The van der Waals surface area contributed by atoms with E-state index in [1.54, 1.807) is 29.2 Å². The van der Waals surface area contributed by atoms with E-state index in [1.165, 1.54) is 6.42 Å². The number of amides is 2. The van der Waals surface area contributed by atoms with E-state index >= 15 is 0 Å². The number of aromatic carboxylic acids is 1. The van der Waals surface area contributed by atoms with E-state index in [-0.39, 0.29) is 11.6 Å². The van der Waals surface area contributed by atoms with Gasteiger partial charge in [-0.1, -0.05) is 12.1 Å². The summed E-state index contributed by atoms with van der Waals surface area (Å²) in [6.45, 7) is 0.558. The van der Waals surface area contributed by atoms with Crippen LogP contribution >= 0.6 is 0 Å². The second-order valence-electron chi connectivity index (χ2n) is 5.18. The van der Waals surface area contributed by atoms with Crippen molar-refractivity contribution in [2.45, 2.75) is 31.7 Å². The van der Waals surface area contributed by atoms with Crippen molar-refractivity contribution in [3.8, 4) is 0 Å². The van der Waals surface area contributed by atoms with Gasteiger partial charge in [-0.15, -0.1) is 0 Å². The van der Waals surface area contributed by atoms with E-state index in [1.807, 2.05) is 7.05 Å². The Bertz CT molecular complexity index is 480. The first-order valence-electron chi connectivity index (χ1n) is 6.91. The summed E-state index contributed by atoms with van der Waals surface area (Å²) in [5, 5.41) is 11.7. The van der Waals surface area contributed by atoms with Gasteiger partial charge in [-0.25, -0.2) is 9.59 Å². The van der Waals surface area contributed by atoms with Crippen LogP contribution in [0.1, 0.15) is 35.2 Å². The summed E-state index contributed by atoms with van der Waals surface area (Å²) in [5.41, 5.74) is 1.30. The largest absolute Gasteiger partial charge is 0.478 e. The Labute approximate surface area is 118 Å². The summed E-state index contributed by atoms with van der Waals surface area (Å²) in [6, 6.07) is 7.10. The molecular weight excluding hydrogens is 256 g/mol. The van der Waals surface area contributed by atoms with Gasteiger partial charge < -0.3 is 15.3 Å². The van der Waals surface area contributed by atoms with E-state index in [2.05, 4.69) is 5.32 Å². The summed E-state index contributed by atoms with van der Waals surface area (Å²) in [6.07, 6.45) is 4.10. The van der Waals surface area contributed by atoms with Crippen molar-refractivity contribution < 1.29 is 14.7 Å². The Balaban J connectivity index is 1.74. The van der Waals surface area contributed by atoms with Gasteiger partial charge in [-0.3, -0.25) is 0 Å². The number of hydrogen-bond acceptors (Lipinski definition) is 2. The van der Waals surface area contributed by atoms with Crippen LogP contribution in [0.15, 0.2) is 24.3 Å².